The zero-order valence-corrected chi connectivity index (χ0v) is 5.58. The fourth-order valence-corrected chi connectivity index (χ4v) is 0.797. The molecule has 0 aliphatic heterocycles. The van der Waals surface area contributed by atoms with E-state index in [1.165, 1.54) is 0 Å². The quantitative estimate of drug-likeness (QED) is 0.544. The predicted octanol–water partition coefficient (Wildman–Crippen LogP) is 0.924. The summed E-state index contributed by atoms with van der Waals surface area (Å²) in [4.78, 5) is 10.4. The summed E-state index contributed by atoms with van der Waals surface area (Å²) in [5, 5.41) is 0. The van der Waals surface area contributed by atoms with E-state index < -0.39 is 0 Å². The molecule has 1 aromatic rings. The van der Waals surface area contributed by atoms with Gasteiger partial charge in [0.05, 0.1) is 5.68 Å². The summed E-state index contributed by atoms with van der Waals surface area (Å²) in [6.45, 7) is 0. The van der Waals surface area contributed by atoms with Crippen molar-refractivity contribution in [1.29, 1.82) is 0 Å². The van der Waals surface area contributed by atoms with E-state index in [1.807, 2.05) is 30.3 Å². The van der Waals surface area contributed by atoms with Gasteiger partial charge in [0.15, 0.2) is 7.85 Å². The lowest BCUT2D eigenvalue weighted by molar-refractivity contribution is -0.111. The van der Waals surface area contributed by atoms with Crippen molar-refractivity contribution in [2.45, 2.75) is 6.42 Å². The van der Waals surface area contributed by atoms with Crippen molar-refractivity contribution in [2.75, 3.05) is 0 Å². The van der Waals surface area contributed by atoms with Gasteiger partial charge < -0.3 is 4.79 Å². The topological polar surface area (TPSA) is 17.1 Å². The number of hydrogen-bond acceptors (Lipinski definition) is 1. The lowest BCUT2D eigenvalue weighted by Gasteiger charge is -1.94. The molecule has 0 unspecified atom stereocenters. The van der Waals surface area contributed by atoms with Crippen LogP contribution in [0.3, 0.4) is 0 Å². The molecule has 0 fully saturated rings. The van der Waals surface area contributed by atoms with Crippen molar-refractivity contribution in [3.63, 3.8) is 0 Å². The molecule has 0 saturated carbocycles. The first-order valence-corrected chi connectivity index (χ1v) is 3.11. The van der Waals surface area contributed by atoms with Crippen LogP contribution >= 0.6 is 0 Å². The summed E-state index contributed by atoms with van der Waals surface area (Å²) in [5.41, 5.74) is 0.682. The van der Waals surface area contributed by atoms with Gasteiger partial charge in [-0.05, 0) is 5.56 Å². The standard InChI is InChI=1S/C8H7BO/c9-8(10)6-7-4-2-1-3-5-7/h1-5H,6H2. The maximum Gasteiger partial charge on any atom is 0.168 e. The predicted molar refractivity (Wildman–Crippen MR) is 40.9 cm³/mol. The van der Waals surface area contributed by atoms with Crippen molar-refractivity contribution in [3.8, 4) is 0 Å². The van der Waals surface area contributed by atoms with Crippen LogP contribution in [-0.4, -0.2) is 13.5 Å². The van der Waals surface area contributed by atoms with Crippen LogP contribution in [-0.2, 0) is 11.2 Å². The molecule has 0 N–H and O–H groups in total. The summed E-state index contributed by atoms with van der Waals surface area (Å²) >= 11 is 0. The highest BCUT2D eigenvalue weighted by atomic mass is 16.1. The highest BCUT2D eigenvalue weighted by Crippen LogP contribution is 1.98. The van der Waals surface area contributed by atoms with Crippen LogP contribution in [0.2, 0.25) is 0 Å². The fraction of sp³-hybridized carbons (Fsp3) is 0.125. The zero-order chi connectivity index (χ0) is 7.40. The van der Waals surface area contributed by atoms with Gasteiger partial charge in [0.1, 0.15) is 0 Å². The average molecular weight is 130 g/mol. The second kappa shape index (κ2) is 3.21. The SMILES string of the molecule is [B]C(=O)Cc1ccccc1. The molecule has 0 aliphatic rings. The maximum absolute atomic E-state index is 10.4. The Morgan fingerprint density at radius 3 is 2.40 bits per heavy atom. The third-order valence-electron chi connectivity index (χ3n) is 1.22. The van der Waals surface area contributed by atoms with Gasteiger partial charge in [-0.2, -0.15) is 0 Å². The van der Waals surface area contributed by atoms with Gasteiger partial charge in [0.2, 0.25) is 0 Å². The third-order valence-corrected chi connectivity index (χ3v) is 1.22. The molecule has 10 heavy (non-hydrogen) atoms. The molecule has 1 rings (SSSR count). The highest BCUT2D eigenvalue weighted by molar-refractivity contribution is 6.57. The number of rotatable bonds is 2. The molecule has 0 atom stereocenters. The van der Waals surface area contributed by atoms with Crippen LogP contribution in [0.5, 0.6) is 0 Å². The first kappa shape index (κ1) is 7.07. The molecular formula is C8H7BO. The maximum atomic E-state index is 10.4. The van der Waals surface area contributed by atoms with Crippen LogP contribution < -0.4 is 0 Å². The molecule has 0 amide bonds. The largest absolute Gasteiger partial charge is 0.312 e. The van der Waals surface area contributed by atoms with Crippen molar-refractivity contribution in [1.82, 2.24) is 0 Å². The molecule has 0 bridgehead atoms. The van der Waals surface area contributed by atoms with E-state index in [1.54, 1.807) is 0 Å². The lowest BCUT2D eigenvalue weighted by Crippen LogP contribution is -2.00. The Labute approximate surface area is 61.5 Å². The molecule has 0 aromatic heterocycles. The summed E-state index contributed by atoms with van der Waals surface area (Å²) in [7, 11) is 4.99. The molecule has 2 heteroatoms. The van der Waals surface area contributed by atoms with Crippen molar-refractivity contribution in [3.05, 3.63) is 35.9 Å². The summed E-state index contributed by atoms with van der Waals surface area (Å²) in [6.07, 6.45) is 0.334. The van der Waals surface area contributed by atoms with Gasteiger partial charge in [-0.25, -0.2) is 0 Å². The Bertz CT molecular complexity index is 218. The molecule has 0 aliphatic carbocycles. The Kier molecular flexibility index (Phi) is 2.27. The average Bonchev–Trinajstić information content (AvgIpc) is 1.88. The second-order valence-corrected chi connectivity index (χ2v) is 2.13. The Hall–Kier alpha value is -1.05. The van der Waals surface area contributed by atoms with E-state index in [2.05, 4.69) is 0 Å². The summed E-state index contributed by atoms with van der Waals surface area (Å²) < 4.78 is 0. The zero-order valence-electron chi connectivity index (χ0n) is 5.58. The van der Waals surface area contributed by atoms with Crippen LogP contribution in [0.15, 0.2) is 30.3 Å². The Morgan fingerprint density at radius 2 is 1.90 bits per heavy atom. The molecule has 1 aromatic carbocycles. The van der Waals surface area contributed by atoms with Gasteiger partial charge >= 0.3 is 0 Å². The van der Waals surface area contributed by atoms with Crippen molar-refractivity contribution >= 4 is 13.5 Å². The third kappa shape index (κ3) is 2.06. The lowest BCUT2D eigenvalue weighted by atomic mass is 9.95. The second-order valence-electron chi connectivity index (χ2n) is 2.13. The molecule has 0 saturated heterocycles. The van der Waals surface area contributed by atoms with Gasteiger partial charge in [0.25, 0.3) is 0 Å². The summed E-state index contributed by atoms with van der Waals surface area (Å²) in [6, 6.07) is 9.44. The Balaban J connectivity index is 2.67. The first-order valence-electron chi connectivity index (χ1n) is 3.11. The van der Waals surface area contributed by atoms with Gasteiger partial charge in [-0.3, -0.25) is 0 Å². The first-order chi connectivity index (χ1) is 4.79. The van der Waals surface area contributed by atoms with E-state index >= 15 is 0 Å². The van der Waals surface area contributed by atoms with E-state index in [9.17, 15) is 4.79 Å². The fourth-order valence-electron chi connectivity index (χ4n) is 0.797. The number of hydrogen-bond donors (Lipinski definition) is 0. The van der Waals surface area contributed by atoms with Gasteiger partial charge in [0, 0.05) is 6.42 Å². The highest BCUT2D eigenvalue weighted by Gasteiger charge is 1.93. The van der Waals surface area contributed by atoms with E-state index in [-0.39, 0.29) is 5.68 Å². The van der Waals surface area contributed by atoms with E-state index in [0.29, 0.717) is 6.42 Å². The number of carbonyl (C=O) groups is 1. The van der Waals surface area contributed by atoms with Crippen molar-refractivity contribution < 1.29 is 4.79 Å². The van der Waals surface area contributed by atoms with E-state index in [4.69, 9.17) is 7.85 Å². The summed E-state index contributed by atoms with van der Waals surface area (Å²) in [5.74, 6) is 0. The molecule has 2 radical (unpaired) electrons. The van der Waals surface area contributed by atoms with E-state index in [0.717, 1.165) is 5.56 Å². The molecule has 0 heterocycles. The smallest absolute Gasteiger partial charge is 0.168 e. The number of carbonyl (C=O) groups excluding carboxylic acids is 1. The normalized spacial score (nSPS) is 9.20. The number of benzene rings is 1. The van der Waals surface area contributed by atoms with Crippen LogP contribution in [0.25, 0.3) is 0 Å². The minimum absolute atomic E-state index is 0.286. The van der Waals surface area contributed by atoms with Gasteiger partial charge in [-0.1, -0.05) is 30.3 Å². The molecular weight excluding hydrogens is 123 g/mol. The van der Waals surface area contributed by atoms with Crippen LogP contribution in [0, 0.1) is 0 Å². The van der Waals surface area contributed by atoms with Gasteiger partial charge in [-0.15, -0.1) is 0 Å². The van der Waals surface area contributed by atoms with Crippen LogP contribution in [0.4, 0.5) is 0 Å². The van der Waals surface area contributed by atoms with Crippen LogP contribution in [0.1, 0.15) is 5.56 Å². The molecule has 0 spiro atoms. The minimum Gasteiger partial charge on any atom is -0.312 e. The monoisotopic (exact) mass is 130 g/mol. The minimum atomic E-state index is -0.286. The molecule has 1 nitrogen and oxygen atoms in total. The Morgan fingerprint density at radius 1 is 1.30 bits per heavy atom. The molecule has 48 valence electrons. The van der Waals surface area contributed by atoms with Crippen molar-refractivity contribution in [2.24, 2.45) is 0 Å².